The highest BCUT2D eigenvalue weighted by molar-refractivity contribution is 7.99. The van der Waals surface area contributed by atoms with Crippen molar-refractivity contribution in [2.45, 2.75) is 25.5 Å². The van der Waals surface area contributed by atoms with Gasteiger partial charge in [-0.1, -0.05) is 35.0 Å². The van der Waals surface area contributed by atoms with Crippen LogP contribution in [0.1, 0.15) is 22.2 Å². The van der Waals surface area contributed by atoms with Gasteiger partial charge in [0.1, 0.15) is 5.00 Å². The number of methoxy groups -OCH3 is 1. The predicted molar refractivity (Wildman–Crippen MR) is 121 cm³/mol. The number of nitrogens with zero attached hydrogens (tertiary/aromatic N) is 3. The van der Waals surface area contributed by atoms with E-state index in [1.54, 1.807) is 24.3 Å². The molecule has 0 aliphatic rings. The normalized spacial score (nSPS) is 10.8. The van der Waals surface area contributed by atoms with Crippen LogP contribution >= 0.6 is 46.3 Å². The Hall–Kier alpha value is -2.07. The summed E-state index contributed by atoms with van der Waals surface area (Å²) in [5.41, 5.74) is 1.05. The van der Waals surface area contributed by atoms with Gasteiger partial charge in [-0.15, -0.1) is 21.5 Å². The minimum absolute atomic E-state index is 0.101. The Morgan fingerprint density at radius 2 is 2.03 bits per heavy atom. The van der Waals surface area contributed by atoms with Gasteiger partial charge < -0.3 is 14.6 Å². The number of nitrogens with one attached hydrogen (secondary N) is 1. The third-order valence-electron chi connectivity index (χ3n) is 4.05. The van der Waals surface area contributed by atoms with Gasteiger partial charge in [0.25, 0.3) is 0 Å². The maximum atomic E-state index is 12.5. The standard InChI is InChI=1S/C19H18Cl2N4O3S2/c1-4-25-16(12-6-5-11(20)8-14(12)21)23-24-19(25)29-9-15(26)22-17-13(18(27)28-3)7-10(2)30-17/h5-8H,4,9H2,1-3H3,(H,22,26). The number of ether oxygens (including phenoxy) is 1. The number of halogens is 2. The number of aryl methyl sites for hydroxylation is 1. The monoisotopic (exact) mass is 484 g/mol. The Morgan fingerprint density at radius 3 is 2.70 bits per heavy atom. The fourth-order valence-electron chi connectivity index (χ4n) is 2.71. The van der Waals surface area contributed by atoms with E-state index in [4.69, 9.17) is 27.9 Å². The van der Waals surface area contributed by atoms with Gasteiger partial charge in [-0.2, -0.15) is 0 Å². The van der Waals surface area contributed by atoms with Crippen molar-refractivity contribution in [3.8, 4) is 11.4 Å². The van der Waals surface area contributed by atoms with Gasteiger partial charge >= 0.3 is 5.97 Å². The maximum absolute atomic E-state index is 12.5. The number of amides is 1. The molecule has 11 heteroatoms. The SMILES string of the molecule is CCn1c(SCC(=O)Nc2sc(C)cc2C(=O)OC)nnc1-c1ccc(Cl)cc1Cl. The van der Waals surface area contributed by atoms with Crippen molar-refractivity contribution in [2.24, 2.45) is 0 Å². The number of rotatable bonds is 7. The fourth-order valence-corrected chi connectivity index (χ4v) is 4.92. The summed E-state index contributed by atoms with van der Waals surface area (Å²) in [5.74, 6) is -0.0467. The summed E-state index contributed by atoms with van der Waals surface area (Å²) in [6, 6.07) is 6.86. The summed E-state index contributed by atoms with van der Waals surface area (Å²) in [6.45, 7) is 4.41. The number of carbonyl (C=O) groups excluding carboxylic acids is 2. The van der Waals surface area contributed by atoms with E-state index >= 15 is 0 Å². The second-order valence-corrected chi connectivity index (χ2v) is 9.15. The summed E-state index contributed by atoms with van der Waals surface area (Å²) in [6.07, 6.45) is 0. The Bertz CT molecular complexity index is 1100. The lowest BCUT2D eigenvalue weighted by Crippen LogP contribution is -2.16. The van der Waals surface area contributed by atoms with Crippen molar-refractivity contribution < 1.29 is 14.3 Å². The first-order valence-corrected chi connectivity index (χ1v) is 11.4. The number of carbonyl (C=O) groups is 2. The molecular formula is C19H18Cl2N4O3S2. The fraction of sp³-hybridized carbons (Fsp3) is 0.263. The average Bonchev–Trinajstić information content (AvgIpc) is 3.28. The highest BCUT2D eigenvalue weighted by Crippen LogP contribution is 2.32. The smallest absolute Gasteiger partial charge is 0.340 e. The molecule has 0 radical (unpaired) electrons. The summed E-state index contributed by atoms with van der Waals surface area (Å²) in [5, 5.41) is 13.3. The molecule has 0 unspecified atom stereocenters. The van der Waals surface area contributed by atoms with E-state index in [1.807, 2.05) is 18.4 Å². The van der Waals surface area contributed by atoms with Crippen LogP contribution in [0.4, 0.5) is 5.00 Å². The predicted octanol–water partition coefficient (Wildman–Crippen LogP) is 5.16. The van der Waals surface area contributed by atoms with Gasteiger partial charge in [0, 0.05) is 22.0 Å². The van der Waals surface area contributed by atoms with E-state index in [9.17, 15) is 9.59 Å². The summed E-state index contributed by atoms with van der Waals surface area (Å²) in [7, 11) is 1.30. The first-order chi connectivity index (χ1) is 14.3. The minimum atomic E-state index is -0.488. The maximum Gasteiger partial charge on any atom is 0.340 e. The molecule has 1 N–H and O–H groups in total. The third-order valence-corrected chi connectivity index (χ3v) is 6.53. The topological polar surface area (TPSA) is 86.1 Å². The molecule has 30 heavy (non-hydrogen) atoms. The average molecular weight is 485 g/mol. The van der Waals surface area contributed by atoms with E-state index in [0.717, 1.165) is 4.88 Å². The van der Waals surface area contributed by atoms with Crippen molar-refractivity contribution in [1.82, 2.24) is 14.8 Å². The van der Waals surface area contributed by atoms with Gasteiger partial charge in [-0.05, 0) is 38.1 Å². The van der Waals surface area contributed by atoms with Crippen LogP contribution in [-0.4, -0.2) is 39.5 Å². The zero-order valence-corrected chi connectivity index (χ0v) is 19.5. The van der Waals surface area contributed by atoms with Crippen LogP contribution in [0.2, 0.25) is 10.0 Å². The van der Waals surface area contributed by atoms with Gasteiger partial charge in [-0.25, -0.2) is 4.79 Å². The molecule has 3 aromatic rings. The molecule has 3 rings (SSSR count). The number of thioether (sulfide) groups is 1. The molecule has 158 valence electrons. The van der Waals surface area contributed by atoms with E-state index < -0.39 is 5.97 Å². The molecule has 0 spiro atoms. The third kappa shape index (κ3) is 4.97. The molecule has 2 aromatic heterocycles. The number of aromatic nitrogens is 3. The molecule has 7 nitrogen and oxygen atoms in total. The Kier molecular flexibility index (Phi) is 7.41. The lowest BCUT2D eigenvalue weighted by molar-refractivity contribution is -0.113. The molecule has 0 saturated carbocycles. The van der Waals surface area contributed by atoms with Crippen molar-refractivity contribution in [2.75, 3.05) is 18.2 Å². The zero-order valence-electron chi connectivity index (χ0n) is 16.4. The van der Waals surface area contributed by atoms with Gasteiger partial charge in [0.15, 0.2) is 11.0 Å². The number of benzene rings is 1. The first kappa shape index (κ1) is 22.6. The summed E-state index contributed by atoms with van der Waals surface area (Å²) < 4.78 is 6.64. The summed E-state index contributed by atoms with van der Waals surface area (Å²) >= 11 is 14.8. The Balaban J connectivity index is 1.73. The molecule has 0 fully saturated rings. The quantitative estimate of drug-likeness (QED) is 0.368. The number of esters is 1. The number of anilines is 1. The molecule has 0 saturated heterocycles. The van der Waals surface area contributed by atoms with Crippen LogP contribution in [-0.2, 0) is 16.1 Å². The lowest BCUT2D eigenvalue weighted by atomic mass is 10.2. The molecule has 0 bridgehead atoms. The van der Waals surface area contributed by atoms with E-state index in [-0.39, 0.29) is 11.7 Å². The molecule has 0 aliphatic carbocycles. The second-order valence-electron chi connectivity index (χ2n) is 6.10. The van der Waals surface area contributed by atoms with E-state index in [2.05, 4.69) is 15.5 Å². The highest BCUT2D eigenvalue weighted by Gasteiger charge is 2.19. The van der Waals surface area contributed by atoms with Gasteiger partial charge in [-0.3, -0.25) is 4.79 Å². The molecule has 0 aliphatic heterocycles. The summed E-state index contributed by atoms with van der Waals surface area (Å²) in [4.78, 5) is 25.2. The van der Waals surface area contributed by atoms with Crippen LogP contribution in [0.15, 0.2) is 29.4 Å². The molecule has 1 amide bonds. The van der Waals surface area contributed by atoms with Crippen LogP contribution < -0.4 is 5.32 Å². The van der Waals surface area contributed by atoms with Crippen LogP contribution in [0, 0.1) is 6.92 Å². The van der Waals surface area contributed by atoms with Gasteiger partial charge in [0.05, 0.1) is 23.4 Å². The largest absolute Gasteiger partial charge is 0.465 e. The number of hydrogen-bond donors (Lipinski definition) is 1. The van der Waals surface area contributed by atoms with E-state index in [0.29, 0.717) is 43.7 Å². The van der Waals surface area contributed by atoms with Crippen molar-refractivity contribution in [3.05, 3.63) is 44.8 Å². The lowest BCUT2D eigenvalue weighted by Gasteiger charge is -2.09. The Labute approximate surface area is 191 Å². The van der Waals surface area contributed by atoms with Crippen LogP contribution in [0.25, 0.3) is 11.4 Å². The van der Waals surface area contributed by atoms with Gasteiger partial charge in [0.2, 0.25) is 5.91 Å². The molecule has 0 atom stereocenters. The number of hydrogen-bond acceptors (Lipinski definition) is 7. The number of thiophene rings is 1. The van der Waals surface area contributed by atoms with Crippen LogP contribution in [0.5, 0.6) is 0 Å². The van der Waals surface area contributed by atoms with Crippen LogP contribution in [0.3, 0.4) is 0 Å². The minimum Gasteiger partial charge on any atom is -0.465 e. The Morgan fingerprint density at radius 1 is 1.27 bits per heavy atom. The first-order valence-electron chi connectivity index (χ1n) is 8.84. The second kappa shape index (κ2) is 9.82. The van der Waals surface area contributed by atoms with Crippen molar-refractivity contribution >= 4 is 63.2 Å². The zero-order chi connectivity index (χ0) is 21.8. The highest BCUT2D eigenvalue weighted by atomic mass is 35.5. The molecule has 1 aromatic carbocycles. The van der Waals surface area contributed by atoms with E-state index in [1.165, 1.54) is 30.2 Å². The van der Waals surface area contributed by atoms with Crippen molar-refractivity contribution in [3.63, 3.8) is 0 Å². The molecular weight excluding hydrogens is 467 g/mol. The van der Waals surface area contributed by atoms with Crippen molar-refractivity contribution in [1.29, 1.82) is 0 Å². The molecule has 2 heterocycles.